The molecule has 0 aromatic carbocycles. The minimum atomic E-state index is -0.548. The molecule has 0 unspecified atom stereocenters. The number of carbonyl (C=O) groups excluding carboxylic acids is 3. The van der Waals surface area contributed by atoms with Gasteiger partial charge in [-0.05, 0) is 51.9 Å². The van der Waals surface area contributed by atoms with Crippen LogP contribution < -0.4 is 5.32 Å². The lowest BCUT2D eigenvalue weighted by atomic mass is 9.73. The van der Waals surface area contributed by atoms with E-state index in [1.807, 2.05) is 34.6 Å². The average Bonchev–Trinajstić information content (AvgIpc) is 2.52. The third-order valence-corrected chi connectivity index (χ3v) is 4.54. The molecule has 1 N–H and O–H groups in total. The summed E-state index contributed by atoms with van der Waals surface area (Å²) in [5, 5.41) is 2.93. The topological polar surface area (TPSA) is 84.9 Å². The summed E-state index contributed by atoms with van der Waals surface area (Å²) in [4.78, 5) is 38.4. The van der Waals surface area contributed by atoms with E-state index in [0.717, 1.165) is 0 Å². The first-order valence-corrected chi connectivity index (χ1v) is 9.86. The average molecular weight is 385 g/mol. The molecule has 1 aliphatic heterocycles. The van der Waals surface area contributed by atoms with Gasteiger partial charge in [0.1, 0.15) is 5.60 Å². The van der Waals surface area contributed by atoms with Crippen LogP contribution in [0.15, 0.2) is 0 Å². The molecule has 27 heavy (non-hydrogen) atoms. The summed E-state index contributed by atoms with van der Waals surface area (Å²) in [5.74, 6) is 0.0163. The van der Waals surface area contributed by atoms with Crippen LogP contribution in [0.4, 0.5) is 4.79 Å². The molecule has 0 aromatic rings. The second-order valence-corrected chi connectivity index (χ2v) is 8.82. The molecule has 1 fully saturated rings. The van der Waals surface area contributed by atoms with Gasteiger partial charge in [0, 0.05) is 26.1 Å². The number of likely N-dealkylation sites (tertiary alicyclic amines) is 1. The number of carbonyl (C=O) groups is 3. The van der Waals surface area contributed by atoms with Gasteiger partial charge < -0.3 is 19.7 Å². The van der Waals surface area contributed by atoms with Crippen LogP contribution in [-0.4, -0.2) is 54.7 Å². The zero-order chi connectivity index (χ0) is 20.7. The highest BCUT2D eigenvalue weighted by atomic mass is 16.6. The number of hydrogen-bond acceptors (Lipinski definition) is 5. The minimum Gasteiger partial charge on any atom is -0.466 e. The molecule has 7 heteroatoms. The van der Waals surface area contributed by atoms with Gasteiger partial charge >= 0.3 is 12.1 Å². The maximum absolute atomic E-state index is 12.4. The van der Waals surface area contributed by atoms with E-state index < -0.39 is 11.0 Å². The van der Waals surface area contributed by atoms with Crippen molar-refractivity contribution in [2.75, 3.05) is 26.2 Å². The number of nitrogens with zero attached hydrogens (tertiary/aromatic N) is 1. The number of hydrogen-bond donors (Lipinski definition) is 1. The Bertz CT molecular complexity index is 517. The lowest BCUT2D eigenvalue weighted by Gasteiger charge is -2.41. The summed E-state index contributed by atoms with van der Waals surface area (Å²) < 4.78 is 10.5. The molecule has 0 aliphatic carbocycles. The number of esters is 1. The van der Waals surface area contributed by atoms with Crippen LogP contribution >= 0.6 is 0 Å². The quantitative estimate of drug-likeness (QED) is 0.682. The van der Waals surface area contributed by atoms with Crippen LogP contribution in [0, 0.1) is 11.3 Å². The molecule has 0 bridgehead atoms. The highest BCUT2D eigenvalue weighted by Crippen LogP contribution is 2.39. The normalized spacial score (nSPS) is 16.8. The van der Waals surface area contributed by atoms with E-state index in [-0.39, 0.29) is 30.8 Å². The fourth-order valence-corrected chi connectivity index (χ4v) is 3.15. The fraction of sp³-hybridized carbons (Fsp3) is 0.850. The van der Waals surface area contributed by atoms with Gasteiger partial charge in [-0.3, -0.25) is 9.59 Å². The third-order valence-electron chi connectivity index (χ3n) is 4.54. The van der Waals surface area contributed by atoms with Gasteiger partial charge in [0.2, 0.25) is 5.91 Å². The van der Waals surface area contributed by atoms with Crippen molar-refractivity contribution in [3.05, 3.63) is 0 Å². The molecular formula is C20H36N2O5. The van der Waals surface area contributed by atoms with Gasteiger partial charge in [0.15, 0.2) is 0 Å². The SMILES string of the molecule is CCOC(=O)CC1(CC(=O)NCC(C)C)CCN(C(=O)OC(C)(C)C)CC1. The van der Waals surface area contributed by atoms with E-state index in [4.69, 9.17) is 9.47 Å². The molecule has 0 radical (unpaired) electrons. The molecule has 1 aliphatic rings. The Labute approximate surface area is 163 Å². The summed E-state index contributed by atoms with van der Waals surface area (Å²) in [5.41, 5.74) is -1.03. The first-order chi connectivity index (χ1) is 12.5. The Morgan fingerprint density at radius 3 is 2.19 bits per heavy atom. The number of amides is 2. The van der Waals surface area contributed by atoms with E-state index >= 15 is 0 Å². The first kappa shape index (κ1) is 23.2. The summed E-state index contributed by atoms with van der Waals surface area (Å²) in [6.45, 7) is 13.2. The lowest BCUT2D eigenvalue weighted by Crippen LogP contribution is -2.47. The number of ether oxygens (including phenoxy) is 2. The smallest absolute Gasteiger partial charge is 0.410 e. The van der Waals surface area contributed by atoms with Crippen molar-refractivity contribution >= 4 is 18.0 Å². The predicted octanol–water partition coefficient (Wildman–Crippen LogP) is 3.12. The van der Waals surface area contributed by atoms with Gasteiger partial charge in [0.25, 0.3) is 0 Å². The molecule has 0 spiro atoms. The van der Waals surface area contributed by atoms with Crippen LogP contribution in [0.25, 0.3) is 0 Å². The molecule has 1 saturated heterocycles. The number of rotatable bonds is 7. The van der Waals surface area contributed by atoms with Crippen molar-refractivity contribution in [2.45, 2.75) is 72.8 Å². The Balaban J connectivity index is 2.75. The van der Waals surface area contributed by atoms with Crippen molar-refractivity contribution in [3.8, 4) is 0 Å². The largest absolute Gasteiger partial charge is 0.466 e. The van der Waals surface area contributed by atoms with Gasteiger partial charge in [-0.1, -0.05) is 13.8 Å². The molecule has 7 nitrogen and oxygen atoms in total. The molecule has 1 heterocycles. The fourth-order valence-electron chi connectivity index (χ4n) is 3.15. The number of nitrogens with one attached hydrogen (secondary N) is 1. The van der Waals surface area contributed by atoms with Crippen molar-refractivity contribution in [3.63, 3.8) is 0 Å². The van der Waals surface area contributed by atoms with Crippen LogP contribution in [0.1, 0.15) is 67.2 Å². The second kappa shape index (κ2) is 9.95. The summed E-state index contributed by atoms with van der Waals surface area (Å²) in [7, 11) is 0. The number of piperidine rings is 1. The molecule has 1 rings (SSSR count). The zero-order valence-electron chi connectivity index (χ0n) is 17.7. The molecule has 0 aromatic heterocycles. The summed E-state index contributed by atoms with van der Waals surface area (Å²) in [6, 6.07) is 0. The van der Waals surface area contributed by atoms with E-state index in [1.165, 1.54) is 0 Å². The van der Waals surface area contributed by atoms with Gasteiger partial charge in [-0.15, -0.1) is 0 Å². The molecule has 0 atom stereocenters. The van der Waals surface area contributed by atoms with Gasteiger partial charge in [0.05, 0.1) is 13.0 Å². The predicted molar refractivity (Wildman–Crippen MR) is 103 cm³/mol. The second-order valence-electron chi connectivity index (χ2n) is 8.82. The Morgan fingerprint density at radius 1 is 1.11 bits per heavy atom. The molecule has 2 amide bonds. The molecular weight excluding hydrogens is 348 g/mol. The molecule has 156 valence electrons. The Morgan fingerprint density at radius 2 is 1.70 bits per heavy atom. The monoisotopic (exact) mass is 384 g/mol. The van der Waals surface area contributed by atoms with Crippen LogP contribution in [0.2, 0.25) is 0 Å². The van der Waals surface area contributed by atoms with Crippen molar-refractivity contribution in [2.24, 2.45) is 11.3 Å². The van der Waals surface area contributed by atoms with E-state index in [1.54, 1.807) is 11.8 Å². The van der Waals surface area contributed by atoms with Gasteiger partial charge in [-0.25, -0.2) is 4.79 Å². The van der Waals surface area contributed by atoms with Gasteiger partial charge in [-0.2, -0.15) is 0 Å². The highest BCUT2D eigenvalue weighted by molar-refractivity contribution is 5.78. The first-order valence-electron chi connectivity index (χ1n) is 9.86. The van der Waals surface area contributed by atoms with Crippen molar-refractivity contribution < 1.29 is 23.9 Å². The Hall–Kier alpha value is -1.79. The van der Waals surface area contributed by atoms with Crippen LogP contribution in [0.5, 0.6) is 0 Å². The summed E-state index contributed by atoms with van der Waals surface area (Å²) >= 11 is 0. The summed E-state index contributed by atoms with van der Waals surface area (Å²) in [6.07, 6.45) is 1.25. The zero-order valence-corrected chi connectivity index (χ0v) is 17.7. The van der Waals surface area contributed by atoms with E-state index in [2.05, 4.69) is 5.32 Å². The van der Waals surface area contributed by atoms with Crippen molar-refractivity contribution in [1.29, 1.82) is 0 Å². The van der Waals surface area contributed by atoms with Crippen LogP contribution in [-0.2, 0) is 19.1 Å². The van der Waals surface area contributed by atoms with E-state index in [0.29, 0.717) is 45.0 Å². The maximum atomic E-state index is 12.4. The maximum Gasteiger partial charge on any atom is 0.410 e. The van der Waals surface area contributed by atoms with Crippen LogP contribution in [0.3, 0.4) is 0 Å². The minimum absolute atomic E-state index is 0.0567. The Kier molecular flexibility index (Phi) is 8.57. The van der Waals surface area contributed by atoms with E-state index in [9.17, 15) is 14.4 Å². The standard InChI is InChI=1S/C20H36N2O5/c1-7-26-17(24)13-20(12-16(23)21-14-15(2)3)8-10-22(11-9-20)18(25)27-19(4,5)6/h15H,7-14H2,1-6H3,(H,21,23). The highest BCUT2D eigenvalue weighted by Gasteiger charge is 2.40. The lowest BCUT2D eigenvalue weighted by molar-refractivity contribution is -0.147. The molecule has 0 saturated carbocycles. The van der Waals surface area contributed by atoms with Crippen molar-refractivity contribution in [1.82, 2.24) is 10.2 Å². The third kappa shape index (κ3) is 8.63.